The summed E-state index contributed by atoms with van der Waals surface area (Å²) in [4.78, 5) is 14.4. The maximum Gasteiger partial charge on any atom is 0.230 e. The first-order valence-corrected chi connectivity index (χ1v) is 6.45. The van der Waals surface area contributed by atoms with Crippen LogP contribution in [0.25, 0.3) is 0 Å². The van der Waals surface area contributed by atoms with Crippen molar-refractivity contribution in [3.63, 3.8) is 0 Å². The van der Waals surface area contributed by atoms with Crippen molar-refractivity contribution in [2.45, 2.75) is 32.1 Å². The highest BCUT2D eigenvalue weighted by molar-refractivity contribution is 5.97. The van der Waals surface area contributed by atoms with Crippen LogP contribution in [-0.2, 0) is 11.2 Å². The summed E-state index contributed by atoms with van der Waals surface area (Å²) < 4.78 is 0. The Balaban J connectivity index is 1.85. The SMILES string of the molecule is Nc1ccc2c(c1)CCN2C(=O)C1CCCC1. The third-order valence-corrected chi connectivity index (χ3v) is 3.97. The van der Waals surface area contributed by atoms with Crippen LogP contribution in [0.4, 0.5) is 11.4 Å². The van der Waals surface area contributed by atoms with E-state index in [1.54, 1.807) is 0 Å². The van der Waals surface area contributed by atoms with Crippen molar-refractivity contribution < 1.29 is 4.79 Å². The maximum atomic E-state index is 12.4. The van der Waals surface area contributed by atoms with Crippen LogP contribution >= 0.6 is 0 Å². The number of nitrogens with zero attached hydrogens (tertiary/aromatic N) is 1. The molecule has 3 nitrogen and oxygen atoms in total. The minimum absolute atomic E-state index is 0.263. The van der Waals surface area contributed by atoms with E-state index in [1.807, 2.05) is 23.1 Å². The molecule has 1 amide bonds. The van der Waals surface area contributed by atoms with E-state index in [0.717, 1.165) is 37.2 Å². The van der Waals surface area contributed by atoms with Gasteiger partial charge in [0, 0.05) is 23.8 Å². The number of nitrogen functional groups attached to an aromatic ring is 1. The normalized spacial score (nSPS) is 19.6. The second-order valence-corrected chi connectivity index (χ2v) is 5.11. The molecule has 0 unspecified atom stereocenters. The first kappa shape index (κ1) is 10.6. The minimum atomic E-state index is 0.263. The number of hydrogen-bond donors (Lipinski definition) is 1. The fraction of sp³-hybridized carbons (Fsp3) is 0.500. The van der Waals surface area contributed by atoms with Gasteiger partial charge in [-0.1, -0.05) is 12.8 Å². The highest BCUT2D eigenvalue weighted by Crippen LogP contribution is 2.34. The Morgan fingerprint density at radius 1 is 1.29 bits per heavy atom. The third-order valence-electron chi connectivity index (χ3n) is 3.97. The van der Waals surface area contributed by atoms with E-state index in [2.05, 4.69) is 0 Å². The van der Waals surface area contributed by atoms with Crippen LogP contribution in [0.3, 0.4) is 0 Å². The monoisotopic (exact) mass is 230 g/mol. The molecule has 0 spiro atoms. The molecule has 1 aromatic carbocycles. The zero-order valence-corrected chi connectivity index (χ0v) is 9.98. The Bertz CT molecular complexity index is 450. The fourth-order valence-electron chi connectivity index (χ4n) is 3.04. The molecule has 1 heterocycles. The van der Waals surface area contributed by atoms with Crippen LogP contribution in [0.5, 0.6) is 0 Å². The summed E-state index contributed by atoms with van der Waals surface area (Å²) in [7, 11) is 0. The molecule has 0 bridgehead atoms. The van der Waals surface area contributed by atoms with Crippen LogP contribution in [-0.4, -0.2) is 12.5 Å². The number of anilines is 2. The van der Waals surface area contributed by atoms with Gasteiger partial charge < -0.3 is 10.6 Å². The molecule has 3 heteroatoms. The summed E-state index contributed by atoms with van der Waals surface area (Å²) in [5, 5.41) is 0. The van der Waals surface area contributed by atoms with E-state index < -0.39 is 0 Å². The van der Waals surface area contributed by atoms with Crippen LogP contribution in [0.2, 0.25) is 0 Å². The number of amides is 1. The summed E-state index contributed by atoms with van der Waals surface area (Å²) in [5.74, 6) is 0.588. The molecule has 3 rings (SSSR count). The molecule has 0 radical (unpaired) electrons. The predicted molar refractivity (Wildman–Crippen MR) is 68.9 cm³/mol. The average Bonchev–Trinajstić information content (AvgIpc) is 2.96. The Kier molecular flexibility index (Phi) is 2.54. The van der Waals surface area contributed by atoms with Gasteiger partial charge in [-0.2, -0.15) is 0 Å². The molecule has 0 saturated heterocycles. The highest BCUT2D eigenvalue weighted by atomic mass is 16.2. The molecule has 0 aromatic heterocycles. The van der Waals surface area contributed by atoms with E-state index in [9.17, 15) is 4.79 Å². The zero-order chi connectivity index (χ0) is 11.8. The van der Waals surface area contributed by atoms with Crippen molar-refractivity contribution in [2.24, 2.45) is 5.92 Å². The van der Waals surface area contributed by atoms with Gasteiger partial charge in [0.15, 0.2) is 0 Å². The van der Waals surface area contributed by atoms with E-state index in [4.69, 9.17) is 5.73 Å². The van der Waals surface area contributed by atoms with Crippen molar-refractivity contribution in [3.05, 3.63) is 23.8 Å². The Labute approximate surface area is 102 Å². The number of rotatable bonds is 1. The van der Waals surface area contributed by atoms with Gasteiger partial charge in [0.2, 0.25) is 5.91 Å². The Hall–Kier alpha value is -1.51. The van der Waals surface area contributed by atoms with Crippen molar-refractivity contribution in [1.29, 1.82) is 0 Å². The first-order valence-electron chi connectivity index (χ1n) is 6.45. The van der Waals surface area contributed by atoms with Crippen LogP contribution in [0.1, 0.15) is 31.2 Å². The summed E-state index contributed by atoms with van der Waals surface area (Å²) in [6.07, 6.45) is 5.50. The van der Waals surface area contributed by atoms with E-state index >= 15 is 0 Å². The molecule has 17 heavy (non-hydrogen) atoms. The van der Waals surface area contributed by atoms with Gasteiger partial charge in [-0.25, -0.2) is 0 Å². The average molecular weight is 230 g/mol. The smallest absolute Gasteiger partial charge is 0.230 e. The lowest BCUT2D eigenvalue weighted by Gasteiger charge is -2.21. The molecule has 1 fully saturated rings. The topological polar surface area (TPSA) is 46.3 Å². The zero-order valence-electron chi connectivity index (χ0n) is 9.98. The van der Waals surface area contributed by atoms with E-state index in [0.29, 0.717) is 5.91 Å². The second kappa shape index (κ2) is 4.06. The van der Waals surface area contributed by atoms with E-state index in [1.165, 1.54) is 18.4 Å². The molecule has 2 aliphatic rings. The van der Waals surface area contributed by atoms with Crippen molar-refractivity contribution >= 4 is 17.3 Å². The number of fused-ring (bicyclic) bond motifs is 1. The second-order valence-electron chi connectivity index (χ2n) is 5.11. The van der Waals surface area contributed by atoms with E-state index in [-0.39, 0.29) is 5.92 Å². The largest absolute Gasteiger partial charge is 0.399 e. The number of carbonyl (C=O) groups is 1. The van der Waals surface area contributed by atoms with Gasteiger partial charge >= 0.3 is 0 Å². The molecular formula is C14H18N2O. The number of nitrogens with two attached hydrogens (primary N) is 1. The molecule has 0 atom stereocenters. The van der Waals surface area contributed by atoms with Crippen LogP contribution in [0.15, 0.2) is 18.2 Å². The van der Waals surface area contributed by atoms with Gasteiger partial charge in [0.25, 0.3) is 0 Å². The number of hydrogen-bond acceptors (Lipinski definition) is 2. The van der Waals surface area contributed by atoms with Gasteiger partial charge in [0.05, 0.1) is 0 Å². The highest BCUT2D eigenvalue weighted by Gasteiger charge is 2.31. The third kappa shape index (κ3) is 1.79. The molecule has 1 aromatic rings. The lowest BCUT2D eigenvalue weighted by atomic mass is 10.1. The molecule has 1 saturated carbocycles. The van der Waals surface area contributed by atoms with Crippen molar-refractivity contribution in [3.8, 4) is 0 Å². The summed E-state index contributed by atoms with van der Waals surface area (Å²) in [6.45, 7) is 0.828. The quantitative estimate of drug-likeness (QED) is 0.753. The summed E-state index contributed by atoms with van der Waals surface area (Å²) in [5.41, 5.74) is 8.86. The fourth-order valence-corrected chi connectivity index (χ4v) is 3.04. The number of carbonyl (C=O) groups excluding carboxylic acids is 1. The Morgan fingerprint density at radius 2 is 2.06 bits per heavy atom. The standard InChI is InChI=1S/C14H18N2O/c15-12-5-6-13-11(9-12)7-8-16(13)14(17)10-3-1-2-4-10/h5-6,9-10H,1-4,7-8,15H2. The van der Waals surface area contributed by atoms with Crippen LogP contribution < -0.4 is 10.6 Å². The van der Waals surface area contributed by atoms with Gasteiger partial charge in [-0.05, 0) is 43.0 Å². The van der Waals surface area contributed by atoms with Gasteiger partial charge in [-0.15, -0.1) is 0 Å². The lowest BCUT2D eigenvalue weighted by molar-refractivity contribution is -0.122. The maximum absolute atomic E-state index is 12.4. The molecular weight excluding hydrogens is 212 g/mol. The minimum Gasteiger partial charge on any atom is -0.399 e. The Morgan fingerprint density at radius 3 is 2.82 bits per heavy atom. The molecule has 90 valence electrons. The van der Waals surface area contributed by atoms with Crippen molar-refractivity contribution in [2.75, 3.05) is 17.2 Å². The molecule has 2 N–H and O–H groups in total. The van der Waals surface area contributed by atoms with Gasteiger partial charge in [0.1, 0.15) is 0 Å². The number of benzene rings is 1. The van der Waals surface area contributed by atoms with Crippen LogP contribution in [0, 0.1) is 5.92 Å². The first-order chi connectivity index (χ1) is 8.25. The van der Waals surface area contributed by atoms with Crippen molar-refractivity contribution in [1.82, 2.24) is 0 Å². The summed E-state index contributed by atoms with van der Waals surface area (Å²) >= 11 is 0. The predicted octanol–water partition coefficient (Wildman–Crippen LogP) is 2.35. The van der Waals surface area contributed by atoms with Gasteiger partial charge in [-0.3, -0.25) is 4.79 Å². The molecule has 1 aliphatic carbocycles. The molecule has 1 aliphatic heterocycles. The summed E-state index contributed by atoms with van der Waals surface area (Å²) in [6, 6.07) is 5.88. The lowest BCUT2D eigenvalue weighted by Crippen LogP contribution is -2.33.